The van der Waals surface area contributed by atoms with E-state index in [0.29, 0.717) is 11.8 Å². The Kier molecular flexibility index (Phi) is 2.96. The first-order valence-corrected chi connectivity index (χ1v) is 6.66. The fourth-order valence-electron chi connectivity index (χ4n) is 3.42. The maximum Gasteiger partial charge on any atom is 0.0862 e. The van der Waals surface area contributed by atoms with Crippen LogP contribution < -0.4 is 0 Å². The third-order valence-corrected chi connectivity index (χ3v) is 5.10. The maximum atomic E-state index is 10.7. The highest BCUT2D eigenvalue weighted by molar-refractivity contribution is 6.19. The largest absolute Gasteiger partial charge is 0.385 e. The van der Waals surface area contributed by atoms with Crippen molar-refractivity contribution in [2.45, 2.75) is 45.1 Å². The van der Waals surface area contributed by atoms with Gasteiger partial charge in [-0.2, -0.15) is 0 Å². The van der Waals surface area contributed by atoms with Gasteiger partial charge in [-0.1, -0.05) is 25.2 Å². The molecule has 1 nitrogen and oxygen atoms in total. The normalized spacial score (nSPS) is 42.8. The van der Waals surface area contributed by atoms with Gasteiger partial charge in [-0.15, -0.1) is 11.6 Å². The van der Waals surface area contributed by atoms with Crippen molar-refractivity contribution < 1.29 is 5.11 Å². The minimum absolute atomic E-state index is 0.00222. The molecule has 2 aliphatic rings. The Morgan fingerprint density at radius 2 is 2.31 bits per heavy atom. The molecule has 90 valence electrons. The Hall–Kier alpha value is -0.270. The summed E-state index contributed by atoms with van der Waals surface area (Å²) in [7, 11) is 0. The molecule has 0 heterocycles. The van der Waals surface area contributed by atoms with E-state index >= 15 is 0 Å². The maximum absolute atomic E-state index is 10.7. The fraction of sp³-hybridized carbons (Fsp3) is 0.714. The average Bonchev–Trinajstić information content (AvgIpc) is 2.69. The van der Waals surface area contributed by atoms with Crippen LogP contribution in [0.1, 0.15) is 39.5 Å². The molecule has 1 N–H and O–H groups in total. The zero-order valence-corrected chi connectivity index (χ0v) is 11.0. The molecule has 1 fully saturated rings. The quantitative estimate of drug-likeness (QED) is 0.577. The summed E-state index contributed by atoms with van der Waals surface area (Å²) >= 11 is 5.97. The van der Waals surface area contributed by atoms with E-state index in [1.165, 1.54) is 5.57 Å². The van der Waals surface area contributed by atoms with E-state index in [9.17, 15) is 5.11 Å². The highest BCUT2D eigenvalue weighted by Gasteiger charge is 2.51. The number of hydrogen-bond acceptors (Lipinski definition) is 1. The van der Waals surface area contributed by atoms with Crippen molar-refractivity contribution in [3.05, 3.63) is 23.8 Å². The monoisotopic (exact) mass is 240 g/mol. The van der Waals surface area contributed by atoms with E-state index in [0.717, 1.165) is 31.3 Å². The highest BCUT2D eigenvalue weighted by Crippen LogP contribution is 2.58. The molecule has 0 aliphatic heterocycles. The van der Waals surface area contributed by atoms with Crippen LogP contribution in [0.3, 0.4) is 0 Å². The summed E-state index contributed by atoms with van der Waals surface area (Å²) in [4.78, 5) is 0. The molecular weight excluding hydrogens is 220 g/mol. The predicted molar refractivity (Wildman–Crippen MR) is 68.6 cm³/mol. The van der Waals surface area contributed by atoms with Crippen LogP contribution in [-0.2, 0) is 0 Å². The van der Waals surface area contributed by atoms with Crippen LogP contribution in [0.5, 0.6) is 0 Å². The van der Waals surface area contributed by atoms with Crippen LogP contribution in [0, 0.1) is 11.3 Å². The number of hydrogen-bond donors (Lipinski definition) is 1. The lowest BCUT2D eigenvalue weighted by Crippen LogP contribution is -2.46. The van der Waals surface area contributed by atoms with E-state index in [-0.39, 0.29) is 5.41 Å². The number of aliphatic hydroxyl groups is 1. The Morgan fingerprint density at radius 1 is 1.62 bits per heavy atom. The van der Waals surface area contributed by atoms with E-state index in [1.54, 1.807) is 0 Å². The van der Waals surface area contributed by atoms with Gasteiger partial charge in [0, 0.05) is 11.3 Å². The van der Waals surface area contributed by atoms with Gasteiger partial charge in [0.25, 0.3) is 0 Å². The summed E-state index contributed by atoms with van der Waals surface area (Å²) in [6.07, 6.45) is 6.50. The van der Waals surface area contributed by atoms with Crippen molar-refractivity contribution in [2.75, 3.05) is 5.88 Å². The SMILES string of the molecule is C=C(CCl)C12CCC=C1C(C)(O)C(C)CC2. The molecule has 0 aromatic rings. The Bertz CT molecular complexity index is 343. The van der Waals surface area contributed by atoms with Gasteiger partial charge in [-0.25, -0.2) is 0 Å². The number of rotatable bonds is 2. The van der Waals surface area contributed by atoms with E-state index in [2.05, 4.69) is 19.6 Å². The van der Waals surface area contributed by atoms with Gasteiger partial charge >= 0.3 is 0 Å². The first-order valence-electron chi connectivity index (χ1n) is 6.13. The van der Waals surface area contributed by atoms with Crippen molar-refractivity contribution in [3.8, 4) is 0 Å². The van der Waals surface area contributed by atoms with Gasteiger partial charge in [-0.05, 0) is 44.1 Å². The molecule has 0 saturated heterocycles. The summed E-state index contributed by atoms with van der Waals surface area (Å²) in [5.41, 5.74) is 1.59. The zero-order valence-electron chi connectivity index (χ0n) is 10.2. The van der Waals surface area contributed by atoms with Gasteiger partial charge in [0.15, 0.2) is 0 Å². The number of halogens is 1. The molecule has 2 heteroatoms. The second-order valence-corrected chi connectivity index (χ2v) is 5.83. The fourth-order valence-corrected chi connectivity index (χ4v) is 3.68. The lowest BCUT2D eigenvalue weighted by molar-refractivity contribution is -0.00385. The molecule has 0 aromatic carbocycles. The summed E-state index contributed by atoms with van der Waals surface area (Å²) in [5, 5.41) is 10.7. The first-order chi connectivity index (χ1) is 7.45. The van der Waals surface area contributed by atoms with E-state index < -0.39 is 5.60 Å². The molecule has 2 rings (SSSR count). The minimum Gasteiger partial charge on any atom is -0.385 e. The third kappa shape index (κ3) is 1.48. The molecule has 3 unspecified atom stereocenters. The Morgan fingerprint density at radius 3 is 2.94 bits per heavy atom. The molecule has 1 saturated carbocycles. The predicted octanol–water partition coefficient (Wildman–Crippen LogP) is 3.67. The van der Waals surface area contributed by atoms with Crippen molar-refractivity contribution in [3.63, 3.8) is 0 Å². The molecule has 2 aliphatic carbocycles. The Balaban J connectivity index is 2.42. The highest BCUT2D eigenvalue weighted by atomic mass is 35.5. The van der Waals surface area contributed by atoms with Gasteiger partial charge < -0.3 is 5.11 Å². The van der Waals surface area contributed by atoms with Gasteiger partial charge in [-0.3, -0.25) is 0 Å². The van der Waals surface area contributed by atoms with Crippen LogP contribution in [0.4, 0.5) is 0 Å². The van der Waals surface area contributed by atoms with Crippen molar-refractivity contribution >= 4 is 11.6 Å². The minimum atomic E-state index is -0.677. The topological polar surface area (TPSA) is 20.2 Å². The molecule has 0 amide bonds. The molecule has 0 aromatic heterocycles. The molecule has 0 radical (unpaired) electrons. The third-order valence-electron chi connectivity index (χ3n) is 4.78. The molecule has 3 atom stereocenters. The van der Waals surface area contributed by atoms with Gasteiger partial charge in [0.2, 0.25) is 0 Å². The Labute approximate surface area is 103 Å². The van der Waals surface area contributed by atoms with Crippen molar-refractivity contribution in [1.82, 2.24) is 0 Å². The summed E-state index contributed by atoms with van der Waals surface area (Å²) < 4.78 is 0. The van der Waals surface area contributed by atoms with Crippen molar-refractivity contribution in [1.29, 1.82) is 0 Å². The molecule has 0 spiro atoms. The summed E-state index contributed by atoms with van der Waals surface area (Å²) in [6.45, 7) is 8.22. The summed E-state index contributed by atoms with van der Waals surface area (Å²) in [5.74, 6) is 0.829. The van der Waals surface area contributed by atoms with Crippen LogP contribution in [0.25, 0.3) is 0 Å². The number of fused-ring (bicyclic) bond motifs is 1. The molecule has 16 heavy (non-hydrogen) atoms. The lowest BCUT2D eigenvalue weighted by atomic mass is 9.59. The van der Waals surface area contributed by atoms with Crippen molar-refractivity contribution in [2.24, 2.45) is 11.3 Å². The lowest BCUT2D eigenvalue weighted by Gasteiger charge is -2.48. The second-order valence-electron chi connectivity index (χ2n) is 5.56. The number of alkyl halides is 1. The van der Waals surface area contributed by atoms with E-state index in [1.807, 2.05) is 6.92 Å². The second kappa shape index (κ2) is 3.89. The molecular formula is C14H21ClO. The number of allylic oxidation sites excluding steroid dienone is 2. The van der Waals surface area contributed by atoms with Crippen LogP contribution >= 0.6 is 11.6 Å². The van der Waals surface area contributed by atoms with Crippen LogP contribution in [0.2, 0.25) is 0 Å². The smallest absolute Gasteiger partial charge is 0.0862 e. The van der Waals surface area contributed by atoms with E-state index in [4.69, 9.17) is 11.6 Å². The molecule has 0 bridgehead atoms. The first kappa shape index (κ1) is 12.2. The summed E-state index contributed by atoms with van der Waals surface area (Å²) in [6, 6.07) is 0. The van der Waals surface area contributed by atoms with Gasteiger partial charge in [0.05, 0.1) is 5.60 Å². The average molecular weight is 241 g/mol. The van der Waals surface area contributed by atoms with Crippen LogP contribution in [-0.4, -0.2) is 16.6 Å². The van der Waals surface area contributed by atoms with Gasteiger partial charge in [0.1, 0.15) is 0 Å². The zero-order chi connectivity index (χ0) is 12.0. The van der Waals surface area contributed by atoms with Crippen LogP contribution in [0.15, 0.2) is 23.8 Å². The standard InChI is InChI=1S/C14H21ClO/c1-10-6-8-14(11(2)9-15)7-4-5-12(14)13(10,3)16/h5,10,16H,2,4,6-9H2,1,3H3.